The molecule has 1 N–H and O–H groups in total. The van der Waals surface area contributed by atoms with Crippen LogP contribution in [0.15, 0.2) is 24.5 Å². The van der Waals surface area contributed by atoms with E-state index in [2.05, 4.69) is 20.4 Å². The lowest BCUT2D eigenvalue weighted by atomic mass is 10.4. The summed E-state index contributed by atoms with van der Waals surface area (Å²) in [5.41, 5.74) is 0. The molecular weight excluding hydrogens is 262 g/mol. The first-order valence-corrected chi connectivity index (χ1v) is 6.83. The van der Waals surface area contributed by atoms with Crippen LogP contribution >= 0.6 is 11.3 Å². The Morgan fingerprint density at radius 2 is 2.11 bits per heavy atom. The van der Waals surface area contributed by atoms with E-state index in [1.807, 2.05) is 43.2 Å². The third-order valence-electron chi connectivity index (χ3n) is 2.48. The standard InChI is InChI=1S/C12H17N5OS/c1-16(2)8-5-11-14-15-12(19-11)13-10(18)9-17-6-3-4-7-17/h3-4,6-7H,5,8-9H2,1-2H3,(H,13,15,18). The second-order valence-electron chi connectivity index (χ2n) is 4.46. The molecule has 0 unspecified atom stereocenters. The van der Waals surface area contributed by atoms with Crippen LogP contribution in [0.4, 0.5) is 5.13 Å². The van der Waals surface area contributed by atoms with Gasteiger partial charge in [-0.3, -0.25) is 10.1 Å². The Morgan fingerprint density at radius 3 is 2.79 bits per heavy atom. The van der Waals surface area contributed by atoms with Crippen LogP contribution in [0.2, 0.25) is 0 Å². The molecule has 0 aliphatic rings. The highest BCUT2D eigenvalue weighted by Crippen LogP contribution is 2.15. The van der Waals surface area contributed by atoms with E-state index < -0.39 is 0 Å². The number of hydrogen-bond donors (Lipinski definition) is 1. The third-order valence-corrected chi connectivity index (χ3v) is 3.38. The van der Waals surface area contributed by atoms with Crippen molar-refractivity contribution in [3.05, 3.63) is 29.5 Å². The number of anilines is 1. The molecule has 0 aliphatic heterocycles. The first-order valence-electron chi connectivity index (χ1n) is 6.01. The molecule has 0 bridgehead atoms. The van der Waals surface area contributed by atoms with Gasteiger partial charge in [-0.25, -0.2) is 0 Å². The molecule has 102 valence electrons. The van der Waals surface area contributed by atoms with Crippen LogP contribution in [0.3, 0.4) is 0 Å². The second kappa shape index (κ2) is 6.44. The maximum atomic E-state index is 11.8. The van der Waals surface area contributed by atoms with Gasteiger partial charge in [-0.15, -0.1) is 10.2 Å². The molecule has 0 aliphatic carbocycles. The predicted octanol–water partition coefficient (Wildman–Crippen LogP) is 1.08. The maximum absolute atomic E-state index is 11.8. The van der Waals surface area contributed by atoms with Crippen LogP contribution in [0.25, 0.3) is 0 Å². The molecule has 6 nitrogen and oxygen atoms in total. The maximum Gasteiger partial charge on any atom is 0.246 e. The number of amides is 1. The Morgan fingerprint density at radius 1 is 1.37 bits per heavy atom. The number of hydrogen-bond acceptors (Lipinski definition) is 5. The van der Waals surface area contributed by atoms with E-state index in [0.29, 0.717) is 11.7 Å². The summed E-state index contributed by atoms with van der Waals surface area (Å²) in [5, 5.41) is 12.3. The summed E-state index contributed by atoms with van der Waals surface area (Å²) in [6.07, 6.45) is 4.54. The molecule has 2 aromatic heterocycles. The fraction of sp³-hybridized carbons (Fsp3) is 0.417. The largest absolute Gasteiger partial charge is 0.345 e. The summed E-state index contributed by atoms with van der Waals surface area (Å²) in [5.74, 6) is -0.0912. The van der Waals surface area contributed by atoms with Crippen molar-refractivity contribution in [2.75, 3.05) is 26.0 Å². The number of carbonyl (C=O) groups excluding carboxylic acids is 1. The van der Waals surface area contributed by atoms with Crippen molar-refractivity contribution in [1.82, 2.24) is 19.7 Å². The second-order valence-corrected chi connectivity index (χ2v) is 5.52. The normalized spacial score (nSPS) is 10.9. The highest BCUT2D eigenvalue weighted by Gasteiger charge is 2.08. The topological polar surface area (TPSA) is 63.1 Å². The lowest BCUT2D eigenvalue weighted by Gasteiger charge is -2.05. The minimum atomic E-state index is -0.0912. The quantitative estimate of drug-likeness (QED) is 0.859. The van der Waals surface area contributed by atoms with Crippen LogP contribution in [0.1, 0.15) is 5.01 Å². The molecule has 0 saturated carbocycles. The predicted molar refractivity (Wildman–Crippen MR) is 75.2 cm³/mol. The van der Waals surface area contributed by atoms with E-state index in [4.69, 9.17) is 0 Å². The molecule has 0 saturated heterocycles. The molecule has 2 aromatic rings. The van der Waals surface area contributed by atoms with Gasteiger partial charge in [0.25, 0.3) is 0 Å². The lowest BCUT2D eigenvalue weighted by molar-refractivity contribution is -0.116. The first-order chi connectivity index (χ1) is 9.13. The molecule has 0 fully saturated rings. The summed E-state index contributed by atoms with van der Waals surface area (Å²) in [7, 11) is 4.03. The van der Waals surface area contributed by atoms with Crippen molar-refractivity contribution in [3.8, 4) is 0 Å². The Kier molecular flexibility index (Phi) is 4.64. The molecule has 0 spiro atoms. The molecule has 0 aromatic carbocycles. The smallest absolute Gasteiger partial charge is 0.246 e. The first kappa shape index (κ1) is 13.7. The van der Waals surface area contributed by atoms with Crippen LogP contribution in [0.5, 0.6) is 0 Å². The molecule has 1 amide bonds. The van der Waals surface area contributed by atoms with E-state index in [0.717, 1.165) is 18.0 Å². The summed E-state index contributed by atoms with van der Waals surface area (Å²) in [6.45, 7) is 1.21. The van der Waals surface area contributed by atoms with Crippen LogP contribution < -0.4 is 5.32 Å². The number of nitrogens with zero attached hydrogens (tertiary/aromatic N) is 4. The van der Waals surface area contributed by atoms with Gasteiger partial charge in [0, 0.05) is 25.4 Å². The van der Waals surface area contributed by atoms with Gasteiger partial charge < -0.3 is 9.47 Å². The minimum Gasteiger partial charge on any atom is -0.345 e. The van der Waals surface area contributed by atoms with Crippen LogP contribution in [-0.4, -0.2) is 46.2 Å². The van der Waals surface area contributed by atoms with Gasteiger partial charge in [0.2, 0.25) is 11.0 Å². The minimum absolute atomic E-state index is 0.0912. The number of rotatable bonds is 6. The monoisotopic (exact) mass is 279 g/mol. The zero-order chi connectivity index (χ0) is 13.7. The van der Waals surface area contributed by atoms with Crippen molar-refractivity contribution < 1.29 is 4.79 Å². The van der Waals surface area contributed by atoms with E-state index in [1.54, 1.807) is 0 Å². The molecule has 0 atom stereocenters. The van der Waals surface area contributed by atoms with Crippen molar-refractivity contribution in [1.29, 1.82) is 0 Å². The van der Waals surface area contributed by atoms with Crippen molar-refractivity contribution >= 4 is 22.4 Å². The van der Waals surface area contributed by atoms with E-state index in [-0.39, 0.29) is 5.91 Å². The Hall–Kier alpha value is -1.73. The average Bonchev–Trinajstić information content (AvgIpc) is 2.98. The van der Waals surface area contributed by atoms with Gasteiger partial charge in [-0.1, -0.05) is 11.3 Å². The van der Waals surface area contributed by atoms with Gasteiger partial charge in [-0.05, 0) is 26.2 Å². The van der Waals surface area contributed by atoms with E-state index in [9.17, 15) is 4.79 Å². The molecule has 0 radical (unpaired) electrons. The average molecular weight is 279 g/mol. The zero-order valence-corrected chi connectivity index (χ0v) is 11.9. The highest BCUT2D eigenvalue weighted by molar-refractivity contribution is 7.15. The van der Waals surface area contributed by atoms with Crippen molar-refractivity contribution in [2.24, 2.45) is 0 Å². The summed E-state index contributed by atoms with van der Waals surface area (Å²) in [6, 6.07) is 3.77. The lowest BCUT2D eigenvalue weighted by Crippen LogP contribution is -2.17. The van der Waals surface area contributed by atoms with Gasteiger partial charge in [0.15, 0.2) is 0 Å². The molecule has 19 heavy (non-hydrogen) atoms. The number of likely N-dealkylation sites (N-methyl/N-ethyl adjacent to an activating group) is 1. The fourth-order valence-electron chi connectivity index (χ4n) is 1.52. The molecular formula is C12H17N5OS. The Bertz CT molecular complexity index is 520. The van der Waals surface area contributed by atoms with Gasteiger partial charge in [-0.2, -0.15) is 0 Å². The molecule has 2 rings (SSSR count). The number of aromatic nitrogens is 3. The Balaban J connectivity index is 1.84. The SMILES string of the molecule is CN(C)CCc1nnc(NC(=O)Cn2cccc2)s1. The van der Waals surface area contributed by atoms with E-state index >= 15 is 0 Å². The van der Waals surface area contributed by atoms with E-state index in [1.165, 1.54) is 11.3 Å². The summed E-state index contributed by atoms with van der Waals surface area (Å²) >= 11 is 1.43. The third kappa shape index (κ3) is 4.46. The van der Waals surface area contributed by atoms with Crippen molar-refractivity contribution in [2.45, 2.75) is 13.0 Å². The summed E-state index contributed by atoms with van der Waals surface area (Å²) in [4.78, 5) is 13.8. The Labute approximate surface area is 116 Å². The number of nitrogens with one attached hydrogen (secondary N) is 1. The van der Waals surface area contributed by atoms with Gasteiger partial charge in [0.1, 0.15) is 11.6 Å². The number of carbonyl (C=O) groups is 1. The molecule has 2 heterocycles. The zero-order valence-electron chi connectivity index (χ0n) is 11.0. The van der Waals surface area contributed by atoms with Crippen LogP contribution in [-0.2, 0) is 17.8 Å². The van der Waals surface area contributed by atoms with Crippen LogP contribution in [0, 0.1) is 0 Å². The highest BCUT2D eigenvalue weighted by atomic mass is 32.1. The van der Waals surface area contributed by atoms with Gasteiger partial charge >= 0.3 is 0 Å². The molecule has 7 heteroatoms. The fourth-order valence-corrected chi connectivity index (χ4v) is 2.27. The summed E-state index contributed by atoms with van der Waals surface area (Å²) < 4.78 is 1.81. The van der Waals surface area contributed by atoms with Crippen molar-refractivity contribution in [3.63, 3.8) is 0 Å². The van der Waals surface area contributed by atoms with Gasteiger partial charge in [0.05, 0.1) is 0 Å².